The van der Waals surface area contributed by atoms with Crippen LogP contribution in [0.2, 0.25) is 0 Å². The molecule has 5 nitrogen and oxygen atoms in total. The lowest BCUT2D eigenvalue weighted by Crippen LogP contribution is -2.25. The van der Waals surface area contributed by atoms with Crippen molar-refractivity contribution in [3.05, 3.63) is 48.0 Å². The predicted octanol–water partition coefficient (Wildman–Crippen LogP) is 1.39. The molecule has 0 radical (unpaired) electrons. The molecule has 0 bridgehead atoms. The van der Waals surface area contributed by atoms with E-state index in [-0.39, 0.29) is 5.91 Å². The van der Waals surface area contributed by atoms with E-state index in [2.05, 4.69) is 15.3 Å². The number of benzene rings is 1. The first kappa shape index (κ1) is 12.2. The number of carbonyl (C=O) groups excluding carboxylic acids is 1. The number of hydrogen-bond acceptors (Lipinski definition) is 3. The van der Waals surface area contributed by atoms with Crippen molar-refractivity contribution in [2.24, 2.45) is 0 Å². The minimum atomic E-state index is -0.0933. The number of carbonyl (C=O) groups is 1. The number of hydrogen-bond donors (Lipinski definition) is 2. The molecule has 1 heterocycles. The molecule has 0 aliphatic heterocycles. The molecule has 18 heavy (non-hydrogen) atoms. The summed E-state index contributed by atoms with van der Waals surface area (Å²) in [5.74, 6) is 1.51. The van der Waals surface area contributed by atoms with Crippen molar-refractivity contribution in [2.75, 3.05) is 13.7 Å². The van der Waals surface area contributed by atoms with Crippen LogP contribution in [0.5, 0.6) is 5.75 Å². The lowest BCUT2D eigenvalue weighted by molar-refractivity contribution is 0.0954. The van der Waals surface area contributed by atoms with Crippen molar-refractivity contribution in [2.45, 2.75) is 6.42 Å². The van der Waals surface area contributed by atoms with Crippen molar-refractivity contribution < 1.29 is 9.53 Å². The van der Waals surface area contributed by atoms with Gasteiger partial charge in [0.15, 0.2) is 0 Å². The molecule has 2 N–H and O–H groups in total. The topological polar surface area (TPSA) is 67.0 Å². The van der Waals surface area contributed by atoms with E-state index in [1.165, 1.54) is 0 Å². The van der Waals surface area contributed by atoms with Crippen LogP contribution in [0.3, 0.4) is 0 Å². The maximum atomic E-state index is 11.8. The molecule has 94 valence electrons. The lowest BCUT2D eigenvalue weighted by Gasteiger charge is -2.05. The summed E-state index contributed by atoms with van der Waals surface area (Å²) in [6, 6.07) is 7.00. The summed E-state index contributed by atoms with van der Waals surface area (Å²) in [6.45, 7) is 0.554. The van der Waals surface area contributed by atoms with Gasteiger partial charge in [0.25, 0.3) is 5.91 Å². The summed E-state index contributed by atoms with van der Waals surface area (Å²) < 4.78 is 5.03. The molecule has 0 spiro atoms. The third-order valence-electron chi connectivity index (χ3n) is 2.55. The minimum absolute atomic E-state index is 0.0933. The molecule has 0 saturated heterocycles. The van der Waals surface area contributed by atoms with Gasteiger partial charge in [0.2, 0.25) is 0 Å². The second-order valence-corrected chi connectivity index (χ2v) is 3.77. The minimum Gasteiger partial charge on any atom is -0.497 e. The number of aromatic amines is 1. The van der Waals surface area contributed by atoms with E-state index in [4.69, 9.17) is 4.74 Å². The third kappa shape index (κ3) is 3.10. The number of nitrogens with zero attached hydrogens (tertiary/aromatic N) is 1. The Morgan fingerprint density at radius 2 is 2.17 bits per heavy atom. The number of nitrogens with one attached hydrogen (secondary N) is 2. The molecule has 0 fully saturated rings. The van der Waals surface area contributed by atoms with Crippen LogP contribution in [-0.2, 0) is 6.42 Å². The highest BCUT2D eigenvalue weighted by atomic mass is 16.5. The number of rotatable bonds is 5. The number of aromatic nitrogens is 2. The smallest absolute Gasteiger partial charge is 0.251 e. The van der Waals surface area contributed by atoms with E-state index in [9.17, 15) is 4.79 Å². The molecule has 0 atom stereocenters. The Kier molecular flexibility index (Phi) is 3.96. The summed E-state index contributed by atoms with van der Waals surface area (Å²) in [7, 11) is 1.60. The molecule has 0 saturated carbocycles. The normalized spacial score (nSPS) is 10.1. The molecule has 1 aromatic heterocycles. The van der Waals surface area contributed by atoms with Gasteiger partial charge in [-0.15, -0.1) is 0 Å². The second kappa shape index (κ2) is 5.86. The first-order valence-corrected chi connectivity index (χ1v) is 5.70. The zero-order valence-electron chi connectivity index (χ0n) is 10.1. The largest absolute Gasteiger partial charge is 0.497 e. The first-order valence-electron chi connectivity index (χ1n) is 5.70. The Hall–Kier alpha value is -2.30. The van der Waals surface area contributed by atoms with Crippen LogP contribution in [0.15, 0.2) is 36.7 Å². The summed E-state index contributed by atoms with van der Waals surface area (Å²) in [5.41, 5.74) is 0.621. The average molecular weight is 245 g/mol. The van der Waals surface area contributed by atoms with Crippen LogP contribution < -0.4 is 10.1 Å². The molecule has 2 rings (SSSR count). The summed E-state index contributed by atoms with van der Waals surface area (Å²) in [6.07, 6.45) is 4.15. The van der Waals surface area contributed by atoms with E-state index in [1.807, 2.05) is 0 Å². The highest BCUT2D eigenvalue weighted by Gasteiger charge is 2.05. The van der Waals surface area contributed by atoms with Gasteiger partial charge >= 0.3 is 0 Å². The zero-order chi connectivity index (χ0) is 12.8. The Labute approximate surface area is 105 Å². The van der Waals surface area contributed by atoms with Crippen molar-refractivity contribution in [3.63, 3.8) is 0 Å². The van der Waals surface area contributed by atoms with Crippen molar-refractivity contribution >= 4 is 5.91 Å². The molecule has 0 aliphatic rings. The van der Waals surface area contributed by atoms with Gasteiger partial charge < -0.3 is 15.0 Å². The molecule has 5 heteroatoms. The lowest BCUT2D eigenvalue weighted by atomic mass is 10.2. The van der Waals surface area contributed by atoms with E-state index in [1.54, 1.807) is 43.8 Å². The van der Waals surface area contributed by atoms with Crippen LogP contribution >= 0.6 is 0 Å². The third-order valence-corrected chi connectivity index (χ3v) is 2.55. The predicted molar refractivity (Wildman–Crippen MR) is 67.6 cm³/mol. The number of H-pyrrole nitrogens is 1. The van der Waals surface area contributed by atoms with Crippen LogP contribution in [0.1, 0.15) is 16.2 Å². The number of amides is 1. The van der Waals surface area contributed by atoms with Crippen molar-refractivity contribution in [1.82, 2.24) is 15.3 Å². The van der Waals surface area contributed by atoms with Gasteiger partial charge in [0.05, 0.1) is 7.11 Å². The van der Waals surface area contributed by atoms with Crippen LogP contribution in [0.4, 0.5) is 0 Å². The fourth-order valence-corrected chi connectivity index (χ4v) is 1.57. The molecule has 0 aliphatic carbocycles. The maximum absolute atomic E-state index is 11.8. The van der Waals surface area contributed by atoms with Crippen LogP contribution in [0.25, 0.3) is 0 Å². The number of imidazole rings is 1. The fraction of sp³-hybridized carbons (Fsp3) is 0.231. The zero-order valence-corrected chi connectivity index (χ0v) is 10.1. The Morgan fingerprint density at radius 1 is 1.39 bits per heavy atom. The van der Waals surface area contributed by atoms with Gasteiger partial charge in [-0.2, -0.15) is 0 Å². The molecular formula is C13H15N3O2. The monoisotopic (exact) mass is 245 g/mol. The Morgan fingerprint density at radius 3 is 2.78 bits per heavy atom. The summed E-state index contributed by atoms with van der Waals surface area (Å²) in [4.78, 5) is 18.9. The Balaban J connectivity index is 1.83. The fourth-order valence-electron chi connectivity index (χ4n) is 1.57. The number of ether oxygens (including phenoxy) is 1. The summed E-state index contributed by atoms with van der Waals surface area (Å²) in [5, 5.41) is 2.83. The highest BCUT2D eigenvalue weighted by molar-refractivity contribution is 5.94. The van der Waals surface area contributed by atoms with E-state index < -0.39 is 0 Å². The van der Waals surface area contributed by atoms with Crippen LogP contribution in [-0.4, -0.2) is 29.5 Å². The highest BCUT2D eigenvalue weighted by Crippen LogP contribution is 2.10. The van der Waals surface area contributed by atoms with E-state index in [0.717, 1.165) is 11.6 Å². The van der Waals surface area contributed by atoms with E-state index in [0.29, 0.717) is 18.5 Å². The van der Waals surface area contributed by atoms with Crippen LogP contribution in [0, 0.1) is 0 Å². The summed E-state index contributed by atoms with van der Waals surface area (Å²) >= 11 is 0. The van der Waals surface area contributed by atoms with Gasteiger partial charge in [-0.1, -0.05) is 0 Å². The van der Waals surface area contributed by atoms with Crippen molar-refractivity contribution in [3.8, 4) is 5.75 Å². The second-order valence-electron chi connectivity index (χ2n) is 3.77. The van der Waals surface area contributed by atoms with Gasteiger partial charge in [-0.05, 0) is 24.3 Å². The molecule has 1 amide bonds. The van der Waals surface area contributed by atoms with Gasteiger partial charge in [0, 0.05) is 30.9 Å². The van der Waals surface area contributed by atoms with Gasteiger partial charge in [-0.25, -0.2) is 4.98 Å². The quantitative estimate of drug-likeness (QED) is 0.836. The van der Waals surface area contributed by atoms with Gasteiger partial charge in [0.1, 0.15) is 11.6 Å². The molecular weight excluding hydrogens is 230 g/mol. The first-order chi connectivity index (χ1) is 8.79. The maximum Gasteiger partial charge on any atom is 0.251 e. The number of methoxy groups -OCH3 is 1. The molecule has 0 unspecified atom stereocenters. The average Bonchev–Trinajstić information content (AvgIpc) is 2.92. The van der Waals surface area contributed by atoms with Gasteiger partial charge in [-0.3, -0.25) is 4.79 Å². The molecule has 2 aromatic rings. The van der Waals surface area contributed by atoms with E-state index >= 15 is 0 Å². The Bertz CT molecular complexity index is 491. The SMILES string of the molecule is COc1ccc(C(=O)NCCc2ncc[nH]2)cc1. The standard InChI is InChI=1S/C13H15N3O2/c1-18-11-4-2-10(3-5-11)13(17)16-7-6-12-14-8-9-15-12/h2-5,8-9H,6-7H2,1H3,(H,14,15)(H,16,17). The molecule has 1 aromatic carbocycles. The van der Waals surface area contributed by atoms with Crippen molar-refractivity contribution in [1.29, 1.82) is 0 Å².